The number of ether oxygens (including phenoxy) is 4. The van der Waals surface area contributed by atoms with Gasteiger partial charge in [-0.1, -0.05) is 54.6 Å². The maximum Gasteiger partial charge on any atom is 0.330 e. The highest BCUT2D eigenvalue weighted by atomic mass is 79.9. The van der Waals surface area contributed by atoms with Crippen LogP contribution in [0.4, 0.5) is 0 Å². The molecule has 2 bridgehead atoms. The van der Waals surface area contributed by atoms with Gasteiger partial charge in [0, 0.05) is 17.8 Å². The molecule has 0 aromatic rings. The summed E-state index contributed by atoms with van der Waals surface area (Å²) in [6.07, 6.45) is 9.99. The van der Waals surface area contributed by atoms with Gasteiger partial charge in [-0.15, -0.1) is 0 Å². The van der Waals surface area contributed by atoms with Crippen LogP contribution in [0.25, 0.3) is 0 Å². The normalized spacial score (nSPS) is 30.0. The smallest absolute Gasteiger partial charge is 0.330 e. The second-order valence-electron chi connectivity index (χ2n) is 6.27. The highest BCUT2D eigenvalue weighted by molar-refractivity contribution is 9.09. The lowest BCUT2D eigenvalue weighted by Gasteiger charge is -2.50. The molecule has 3 rings (SSSR count). The van der Waals surface area contributed by atoms with E-state index in [-0.39, 0.29) is 11.4 Å². The summed E-state index contributed by atoms with van der Waals surface area (Å²) in [5, 5.41) is 0.633. The molecule has 0 N–H and O–H groups in total. The Morgan fingerprint density at radius 1 is 1.13 bits per heavy atom. The number of alkyl halides is 1. The summed E-state index contributed by atoms with van der Waals surface area (Å²) in [6, 6.07) is 0. The molecule has 6 heteroatoms. The molecule has 3 saturated heterocycles. The van der Waals surface area contributed by atoms with Crippen molar-refractivity contribution in [1.29, 1.82) is 0 Å². The Labute approximate surface area is 146 Å². The van der Waals surface area contributed by atoms with E-state index in [0.717, 1.165) is 12.8 Å². The molecule has 0 unspecified atom stereocenters. The van der Waals surface area contributed by atoms with E-state index < -0.39 is 5.97 Å². The van der Waals surface area contributed by atoms with Crippen molar-refractivity contribution < 1.29 is 23.7 Å². The van der Waals surface area contributed by atoms with Crippen molar-refractivity contribution in [2.75, 3.05) is 31.8 Å². The van der Waals surface area contributed by atoms with Gasteiger partial charge in [0.15, 0.2) is 0 Å². The SMILES string of the molecule is CCCCCCCC12OCC(C=CC(=O)OCCBr)(CO1)CO2. The first kappa shape index (κ1) is 18.9. The molecule has 0 aromatic heterocycles. The molecule has 0 radical (unpaired) electrons. The van der Waals surface area contributed by atoms with Crippen LogP contribution in [0.5, 0.6) is 0 Å². The Kier molecular flexibility index (Phi) is 7.53. The van der Waals surface area contributed by atoms with Gasteiger partial charge in [0.1, 0.15) is 6.61 Å². The molecule has 0 amide bonds. The molecule has 3 heterocycles. The second kappa shape index (κ2) is 9.16. The molecule has 3 aliphatic heterocycles. The minimum absolute atomic E-state index is 0.350. The lowest BCUT2D eigenvalue weighted by atomic mass is 9.88. The molecular weight excluding hydrogens is 364 g/mol. The van der Waals surface area contributed by atoms with Crippen LogP contribution in [0.3, 0.4) is 0 Å². The summed E-state index contributed by atoms with van der Waals surface area (Å²) in [7, 11) is 0. The zero-order chi connectivity index (χ0) is 16.6. The van der Waals surface area contributed by atoms with Crippen LogP contribution in [0.2, 0.25) is 0 Å². The largest absolute Gasteiger partial charge is 0.462 e. The van der Waals surface area contributed by atoms with Gasteiger partial charge in [0.05, 0.1) is 25.2 Å². The summed E-state index contributed by atoms with van der Waals surface area (Å²) in [4.78, 5) is 11.6. The molecule has 0 aromatic carbocycles. The van der Waals surface area contributed by atoms with Crippen molar-refractivity contribution in [1.82, 2.24) is 0 Å². The maximum absolute atomic E-state index is 11.6. The van der Waals surface area contributed by atoms with Crippen LogP contribution in [0.1, 0.15) is 45.4 Å². The molecule has 0 spiro atoms. The summed E-state index contributed by atoms with van der Waals surface area (Å²) >= 11 is 3.22. The third-order valence-electron chi connectivity index (χ3n) is 4.22. The first-order valence-corrected chi connectivity index (χ1v) is 9.60. The first-order valence-electron chi connectivity index (χ1n) is 8.47. The quantitative estimate of drug-likeness (QED) is 0.247. The van der Waals surface area contributed by atoms with Crippen molar-refractivity contribution in [3.05, 3.63) is 12.2 Å². The number of esters is 1. The zero-order valence-corrected chi connectivity index (χ0v) is 15.4. The topological polar surface area (TPSA) is 54.0 Å². The van der Waals surface area contributed by atoms with Gasteiger partial charge >= 0.3 is 5.97 Å². The Bertz CT molecular complexity index is 385. The van der Waals surface area contributed by atoms with Crippen molar-refractivity contribution in [3.8, 4) is 0 Å². The summed E-state index contributed by atoms with van der Waals surface area (Å²) in [6.45, 7) is 4.12. The molecule has 0 atom stereocenters. The van der Waals surface area contributed by atoms with E-state index in [4.69, 9.17) is 18.9 Å². The fourth-order valence-electron chi connectivity index (χ4n) is 2.75. The molecular formula is C17H27BrO5. The molecule has 0 aliphatic carbocycles. The van der Waals surface area contributed by atoms with E-state index in [0.29, 0.717) is 31.8 Å². The Morgan fingerprint density at radius 3 is 2.39 bits per heavy atom. The number of fused-ring (bicyclic) bond motifs is 3. The van der Waals surface area contributed by atoms with Crippen LogP contribution < -0.4 is 0 Å². The molecule has 0 saturated carbocycles. The van der Waals surface area contributed by atoms with Crippen molar-refractivity contribution in [2.45, 2.75) is 51.4 Å². The van der Waals surface area contributed by atoms with Gasteiger partial charge in [-0.25, -0.2) is 4.79 Å². The van der Waals surface area contributed by atoms with Gasteiger partial charge in [-0.2, -0.15) is 0 Å². The average Bonchev–Trinajstić information content (AvgIpc) is 2.60. The molecule has 5 nitrogen and oxygen atoms in total. The minimum atomic E-state index is -0.863. The monoisotopic (exact) mass is 390 g/mol. The van der Waals surface area contributed by atoms with Crippen LogP contribution >= 0.6 is 15.9 Å². The summed E-state index contributed by atoms with van der Waals surface area (Å²) in [5.74, 6) is -1.21. The van der Waals surface area contributed by atoms with Crippen LogP contribution in [0.15, 0.2) is 12.2 Å². The Balaban J connectivity index is 1.75. The fraction of sp³-hybridized carbons (Fsp3) is 0.824. The van der Waals surface area contributed by atoms with E-state index in [2.05, 4.69) is 22.9 Å². The highest BCUT2D eigenvalue weighted by Crippen LogP contribution is 2.41. The minimum Gasteiger partial charge on any atom is -0.462 e. The number of hydrogen-bond donors (Lipinski definition) is 0. The van der Waals surface area contributed by atoms with Crippen molar-refractivity contribution >= 4 is 21.9 Å². The van der Waals surface area contributed by atoms with Crippen molar-refractivity contribution in [3.63, 3.8) is 0 Å². The number of unbranched alkanes of at least 4 members (excludes halogenated alkanes) is 4. The molecule has 132 valence electrons. The van der Waals surface area contributed by atoms with Crippen molar-refractivity contribution in [2.24, 2.45) is 5.41 Å². The van der Waals surface area contributed by atoms with Crippen LogP contribution in [-0.2, 0) is 23.7 Å². The summed E-state index contributed by atoms with van der Waals surface area (Å²) in [5.41, 5.74) is -0.378. The molecule has 3 aliphatic rings. The van der Waals surface area contributed by atoms with Crippen LogP contribution in [-0.4, -0.2) is 43.7 Å². The van der Waals surface area contributed by atoms with E-state index in [1.165, 1.54) is 31.8 Å². The molecule has 23 heavy (non-hydrogen) atoms. The van der Waals surface area contributed by atoms with E-state index in [1.54, 1.807) is 6.08 Å². The van der Waals surface area contributed by atoms with Crippen LogP contribution in [0, 0.1) is 5.41 Å². The van der Waals surface area contributed by atoms with E-state index in [9.17, 15) is 4.79 Å². The number of carbonyl (C=O) groups is 1. The lowest BCUT2D eigenvalue weighted by Crippen LogP contribution is -2.59. The highest BCUT2D eigenvalue weighted by Gasteiger charge is 2.51. The average molecular weight is 391 g/mol. The van der Waals surface area contributed by atoms with Gasteiger partial charge in [-0.05, 0) is 6.42 Å². The lowest BCUT2D eigenvalue weighted by molar-refractivity contribution is -0.463. The van der Waals surface area contributed by atoms with Gasteiger partial charge in [0.2, 0.25) is 0 Å². The zero-order valence-electron chi connectivity index (χ0n) is 13.9. The van der Waals surface area contributed by atoms with Gasteiger partial charge in [-0.3, -0.25) is 0 Å². The summed E-state index contributed by atoms with van der Waals surface area (Å²) < 4.78 is 22.5. The Morgan fingerprint density at radius 2 is 1.78 bits per heavy atom. The fourth-order valence-corrected chi connectivity index (χ4v) is 2.91. The number of carbonyl (C=O) groups excluding carboxylic acids is 1. The van der Waals surface area contributed by atoms with E-state index in [1.807, 2.05) is 0 Å². The standard InChI is InChI=1S/C17H27BrO5/c1-2-3-4-5-6-8-17-21-12-16(13-22-17,14-23-17)9-7-15(19)20-11-10-18/h7,9H,2-6,8,10-14H2,1H3. The molecule has 3 fully saturated rings. The number of hydrogen-bond acceptors (Lipinski definition) is 5. The van der Waals surface area contributed by atoms with Gasteiger partial charge in [0.25, 0.3) is 5.97 Å². The maximum atomic E-state index is 11.6. The third kappa shape index (κ3) is 5.55. The van der Waals surface area contributed by atoms with Gasteiger partial charge < -0.3 is 18.9 Å². The third-order valence-corrected chi connectivity index (χ3v) is 4.54. The number of rotatable bonds is 10. The number of halogens is 1. The Hall–Kier alpha value is -0.430. The first-order chi connectivity index (χ1) is 11.1. The second-order valence-corrected chi connectivity index (χ2v) is 7.06. The van der Waals surface area contributed by atoms with E-state index >= 15 is 0 Å². The predicted molar refractivity (Wildman–Crippen MR) is 90.3 cm³/mol. The predicted octanol–water partition coefficient (Wildman–Crippen LogP) is 3.56.